The van der Waals surface area contributed by atoms with Crippen LogP contribution in [0.15, 0.2) is 16.6 Å². The van der Waals surface area contributed by atoms with Gasteiger partial charge in [0.1, 0.15) is 0 Å². The average molecular weight is 324 g/mol. The molecule has 88 valence electrons. The molecule has 16 heavy (non-hydrogen) atoms. The molecule has 1 aliphatic heterocycles. The Kier molecular flexibility index (Phi) is 4.01. The molecule has 1 aliphatic rings. The van der Waals surface area contributed by atoms with Gasteiger partial charge in [-0.15, -0.1) is 0 Å². The molecule has 1 aromatic carbocycles. The highest BCUT2D eigenvalue weighted by molar-refractivity contribution is 9.10. The number of nitrogens with one attached hydrogen (secondary N) is 1. The molecule has 1 atom stereocenters. The fraction of sp³-hybridized carbons (Fsp3) is 0.455. The van der Waals surface area contributed by atoms with E-state index in [1.54, 1.807) is 0 Å². The first kappa shape index (κ1) is 12.5. The summed E-state index contributed by atoms with van der Waals surface area (Å²) in [5.41, 5.74) is 0.948. The lowest BCUT2D eigenvalue weighted by Crippen LogP contribution is -2.29. The van der Waals surface area contributed by atoms with Gasteiger partial charge in [-0.05, 0) is 25.6 Å². The van der Waals surface area contributed by atoms with E-state index in [9.17, 15) is 0 Å². The second-order valence-corrected chi connectivity index (χ2v) is 5.67. The van der Waals surface area contributed by atoms with Gasteiger partial charge >= 0.3 is 0 Å². The summed E-state index contributed by atoms with van der Waals surface area (Å²) < 4.78 is 0.913. The molecule has 0 amide bonds. The third kappa shape index (κ3) is 2.48. The first-order valence-corrected chi connectivity index (χ1v) is 6.73. The Hall–Kier alpha value is 0.0400. The summed E-state index contributed by atoms with van der Waals surface area (Å²) in [6.07, 6.45) is 1.12. The summed E-state index contributed by atoms with van der Waals surface area (Å²) in [6.45, 7) is 1.95. The summed E-state index contributed by atoms with van der Waals surface area (Å²) in [5, 5.41) is 4.69. The summed E-state index contributed by atoms with van der Waals surface area (Å²) in [6, 6.07) is 4.29. The van der Waals surface area contributed by atoms with Crippen LogP contribution in [0.5, 0.6) is 0 Å². The number of nitrogens with zero attached hydrogens (tertiary/aromatic N) is 1. The molecule has 1 N–H and O–H groups in total. The van der Waals surface area contributed by atoms with Gasteiger partial charge in [0, 0.05) is 23.6 Å². The van der Waals surface area contributed by atoms with Crippen molar-refractivity contribution in [1.82, 2.24) is 5.32 Å². The Morgan fingerprint density at radius 2 is 2.00 bits per heavy atom. The summed E-state index contributed by atoms with van der Waals surface area (Å²) in [4.78, 5) is 2.23. The van der Waals surface area contributed by atoms with Crippen LogP contribution in [0.25, 0.3) is 0 Å². The van der Waals surface area contributed by atoms with Gasteiger partial charge in [0.15, 0.2) is 0 Å². The summed E-state index contributed by atoms with van der Waals surface area (Å²) in [5.74, 6) is 0. The number of hydrogen-bond acceptors (Lipinski definition) is 2. The van der Waals surface area contributed by atoms with Gasteiger partial charge in [-0.25, -0.2) is 0 Å². The van der Waals surface area contributed by atoms with Gasteiger partial charge in [0.2, 0.25) is 0 Å². The first-order valence-electron chi connectivity index (χ1n) is 5.18. The molecule has 0 aromatic heterocycles. The maximum atomic E-state index is 6.23. The minimum absolute atomic E-state index is 0.524. The number of halogens is 3. The van der Waals surface area contributed by atoms with Gasteiger partial charge in [-0.2, -0.15) is 0 Å². The highest BCUT2D eigenvalue weighted by Gasteiger charge is 2.24. The smallest absolute Gasteiger partial charge is 0.0746 e. The monoisotopic (exact) mass is 322 g/mol. The van der Waals surface area contributed by atoms with Crippen molar-refractivity contribution in [3.8, 4) is 0 Å². The van der Waals surface area contributed by atoms with Gasteiger partial charge in [-0.3, -0.25) is 0 Å². The third-order valence-corrected chi connectivity index (χ3v) is 3.93. The maximum absolute atomic E-state index is 6.23. The lowest BCUT2D eigenvalue weighted by molar-refractivity contribution is 0.617. The topological polar surface area (TPSA) is 15.3 Å². The minimum atomic E-state index is 0.524. The second-order valence-electron chi connectivity index (χ2n) is 3.94. The van der Waals surface area contributed by atoms with Crippen LogP contribution in [0.4, 0.5) is 5.69 Å². The van der Waals surface area contributed by atoms with Crippen molar-refractivity contribution in [2.75, 3.05) is 25.0 Å². The Morgan fingerprint density at radius 1 is 1.38 bits per heavy atom. The van der Waals surface area contributed by atoms with Gasteiger partial charge in [0.05, 0.1) is 15.7 Å². The quantitative estimate of drug-likeness (QED) is 0.895. The molecule has 5 heteroatoms. The van der Waals surface area contributed by atoms with Crippen molar-refractivity contribution in [2.45, 2.75) is 12.5 Å². The fourth-order valence-electron chi connectivity index (χ4n) is 2.04. The third-order valence-electron chi connectivity index (χ3n) is 2.89. The van der Waals surface area contributed by atoms with Crippen molar-refractivity contribution >= 4 is 44.8 Å². The Morgan fingerprint density at radius 3 is 2.50 bits per heavy atom. The fourth-order valence-corrected chi connectivity index (χ4v) is 3.48. The van der Waals surface area contributed by atoms with Crippen LogP contribution in [0.2, 0.25) is 10.0 Å². The normalized spacial score (nSPS) is 20.5. The molecule has 0 aliphatic carbocycles. The van der Waals surface area contributed by atoms with E-state index in [2.05, 4.69) is 26.1 Å². The number of hydrogen-bond donors (Lipinski definition) is 1. The SMILES string of the molecule is CNC1CCN(c2c(Cl)cc(Br)cc2Cl)C1. The Labute approximate surface area is 114 Å². The van der Waals surface area contributed by atoms with Gasteiger partial charge in [-0.1, -0.05) is 39.1 Å². The standard InChI is InChI=1S/C11H13BrCl2N2/c1-15-8-2-3-16(6-8)11-9(13)4-7(12)5-10(11)14/h4-5,8,15H,2-3,6H2,1H3. The van der Waals surface area contributed by atoms with E-state index < -0.39 is 0 Å². The van der Waals surface area contributed by atoms with Crippen LogP contribution in [0, 0.1) is 0 Å². The van der Waals surface area contributed by atoms with E-state index in [0.717, 1.165) is 29.7 Å². The van der Waals surface area contributed by atoms with E-state index in [-0.39, 0.29) is 0 Å². The van der Waals surface area contributed by atoms with E-state index >= 15 is 0 Å². The molecule has 1 aromatic rings. The molecule has 0 bridgehead atoms. The van der Waals surface area contributed by atoms with Crippen LogP contribution in [-0.2, 0) is 0 Å². The van der Waals surface area contributed by atoms with Crippen molar-refractivity contribution in [2.24, 2.45) is 0 Å². The van der Waals surface area contributed by atoms with Crippen molar-refractivity contribution in [3.63, 3.8) is 0 Å². The molecule has 0 radical (unpaired) electrons. The molecule has 1 unspecified atom stereocenters. The number of benzene rings is 1. The molecule has 1 fully saturated rings. The minimum Gasteiger partial charge on any atom is -0.368 e. The van der Waals surface area contributed by atoms with Crippen LogP contribution in [0.1, 0.15) is 6.42 Å². The van der Waals surface area contributed by atoms with Crippen molar-refractivity contribution < 1.29 is 0 Å². The zero-order valence-corrected chi connectivity index (χ0v) is 12.0. The predicted octanol–water partition coefficient (Wildman–Crippen LogP) is 3.55. The first-order chi connectivity index (χ1) is 7.61. The van der Waals surface area contributed by atoms with Crippen LogP contribution in [0.3, 0.4) is 0 Å². The molecular weight excluding hydrogens is 311 g/mol. The maximum Gasteiger partial charge on any atom is 0.0746 e. The highest BCUT2D eigenvalue weighted by Crippen LogP contribution is 2.38. The average Bonchev–Trinajstić information content (AvgIpc) is 2.64. The van der Waals surface area contributed by atoms with E-state index in [4.69, 9.17) is 23.2 Å². The molecule has 1 heterocycles. The van der Waals surface area contributed by atoms with Crippen LogP contribution >= 0.6 is 39.1 Å². The Bertz CT molecular complexity index is 375. The number of anilines is 1. The van der Waals surface area contributed by atoms with Crippen LogP contribution in [-0.4, -0.2) is 26.2 Å². The zero-order chi connectivity index (χ0) is 11.7. The molecule has 2 rings (SSSR count). The molecule has 2 nitrogen and oxygen atoms in total. The molecule has 0 saturated carbocycles. The zero-order valence-electron chi connectivity index (χ0n) is 8.93. The predicted molar refractivity (Wildman–Crippen MR) is 73.8 cm³/mol. The van der Waals surface area contributed by atoms with Gasteiger partial charge < -0.3 is 10.2 Å². The largest absolute Gasteiger partial charge is 0.368 e. The van der Waals surface area contributed by atoms with Crippen molar-refractivity contribution in [3.05, 3.63) is 26.7 Å². The molecule has 0 spiro atoms. The molecule has 1 saturated heterocycles. The van der Waals surface area contributed by atoms with E-state index in [1.165, 1.54) is 0 Å². The lowest BCUT2D eigenvalue weighted by atomic mass is 10.3. The van der Waals surface area contributed by atoms with Crippen molar-refractivity contribution in [1.29, 1.82) is 0 Å². The lowest BCUT2D eigenvalue weighted by Gasteiger charge is -2.21. The number of likely N-dealkylation sites (N-methyl/N-ethyl adjacent to an activating group) is 1. The Balaban J connectivity index is 2.28. The van der Waals surface area contributed by atoms with Crippen LogP contribution < -0.4 is 10.2 Å². The highest BCUT2D eigenvalue weighted by atomic mass is 79.9. The number of rotatable bonds is 2. The van der Waals surface area contributed by atoms with E-state index in [0.29, 0.717) is 16.1 Å². The van der Waals surface area contributed by atoms with E-state index in [1.807, 2.05) is 19.2 Å². The second kappa shape index (κ2) is 5.13. The summed E-state index contributed by atoms with van der Waals surface area (Å²) in [7, 11) is 1.99. The summed E-state index contributed by atoms with van der Waals surface area (Å²) >= 11 is 15.8. The van der Waals surface area contributed by atoms with Gasteiger partial charge in [0.25, 0.3) is 0 Å². The molecular formula is C11H13BrCl2N2.